The van der Waals surface area contributed by atoms with Crippen LogP contribution >= 0.6 is 11.8 Å². The fourth-order valence-corrected chi connectivity index (χ4v) is 5.22. The van der Waals surface area contributed by atoms with Gasteiger partial charge in [0.05, 0.1) is 10.9 Å². The Morgan fingerprint density at radius 1 is 0.581 bits per heavy atom. The summed E-state index contributed by atoms with van der Waals surface area (Å²) in [6.07, 6.45) is 0. The van der Waals surface area contributed by atoms with Crippen molar-refractivity contribution in [3.05, 3.63) is 137 Å². The van der Waals surface area contributed by atoms with E-state index >= 15 is 0 Å². The Morgan fingerprint density at radius 3 is 1.55 bits per heavy atom. The Kier molecular flexibility index (Phi) is 5.42. The minimum Gasteiger partial charge on any atom is -0.304 e. The third-order valence-corrected chi connectivity index (χ3v) is 6.43. The average Bonchev–Trinajstić information content (AvgIpc) is 3.18. The van der Waals surface area contributed by atoms with Crippen LogP contribution in [0.1, 0.15) is 17.0 Å². The van der Waals surface area contributed by atoms with Crippen molar-refractivity contribution in [1.82, 2.24) is 0 Å². The third-order valence-electron chi connectivity index (χ3n) is 5.40. The van der Waals surface area contributed by atoms with Crippen LogP contribution in [-0.4, -0.2) is 5.12 Å². The normalized spacial score (nSPS) is 15.9. The zero-order valence-electron chi connectivity index (χ0n) is 16.9. The molecule has 0 saturated carbocycles. The number of carbonyl (C=O) groups is 1. The number of hydrogen-bond acceptors (Lipinski definition) is 3. The summed E-state index contributed by atoms with van der Waals surface area (Å²) in [5.74, 6) is -0.307. The van der Waals surface area contributed by atoms with Gasteiger partial charge in [-0.2, -0.15) is 0 Å². The standard InChI is InChI=1S/C28H21NOS/c30-28-26(22-15-7-2-8-16-22)25(21-13-5-1-6-14-21)27(31-28)29(23-17-9-3-10-18-23)24-19-11-4-12-20-24/h1-20,26H. The summed E-state index contributed by atoms with van der Waals surface area (Å²) in [5, 5.41) is 1.11. The maximum atomic E-state index is 13.4. The van der Waals surface area contributed by atoms with Crippen molar-refractivity contribution in [2.45, 2.75) is 5.92 Å². The van der Waals surface area contributed by atoms with Gasteiger partial charge < -0.3 is 4.90 Å². The number of nitrogens with zero attached hydrogens (tertiary/aromatic N) is 1. The quantitative estimate of drug-likeness (QED) is 0.340. The summed E-state index contributed by atoms with van der Waals surface area (Å²) in [6, 6.07) is 40.8. The van der Waals surface area contributed by atoms with E-state index in [0.29, 0.717) is 0 Å². The highest BCUT2D eigenvalue weighted by Crippen LogP contribution is 2.52. The third kappa shape index (κ3) is 3.80. The van der Waals surface area contributed by atoms with E-state index in [-0.39, 0.29) is 11.0 Å². The zero-order valence-corrected chi connectivity index (χ0v) is 17.7. The van der Waals surface area contributed by atoms with E-state index < -0.39 is 0 Å². The molecule has 4 aromatic carbocycles. The Balaban J connectivity index is 1.77. The summed E-state index contributed by atoms with van der Waals surface area (Å²) in [6.45, 7) is 0. The molecule has 0 spiro atoms. The lowest BCUT2D eigenvalue weighted by molar-refractivity contribution is -0.111. The summed E-state index contributed by atoms with van der Waals surface area (Å²) in [4.78, 5) is 15.6. The molecular formula is C28H21NOS. The number of hydrogen-bond donors (Lipinski definition) is 0. The molecule has 2 nitrogen and oxygen atoms in total. The van der Waals surface area contributed by atoms with Gasteiger partial charge in [0.2, 0.25) is 5.12 Å². The van der Waals surface area contributed by atoms with E-state index in [9.17, 15) is 4.79 Å². The van der Waals surface area contributed by atoms with E-state index in [1.807, 2.05) is 84.9 Å². The largest absolute Gasteiger partial charge is 0.304 e. The van der Waals surface area contributed by atoms with Crippen molar-refractivity contribution in [1.29, 1.82) is 0 Å². The lowest BCUT2D eigenvalue weighted by Crippen LogP contribution is -2.15. The molecule has 31 heavy (non-hydrogen) atoms. The van der Waals surface area contributed by atoms with Crippen LogP contribution in [0, 0.1) is 0 Å². The van der Waals surface area contributed by atoms with Gasteiger partial charge in [-0.15, -0.1) is 0 Å². The second-order valence-electron chi connectivity index (χ2n) is 7.36. The van der Waals surface area contributed by atoms with Crippen LogP contribution in [-0.2, 0) is 4.79 Å². The number of benzene rings is 4. The molecule has 0 saturated heterocycles. The smallest absolute Gasteiger partial charge is 0.207 e. The van der Waals surface area contributed by atoms with Crippen molar-refractivity contribution in [3.8, 4) is 0 Å². The molecule has 0 N–H and O–H groups in total. The van der Waals surface area contributed by atoms with E-state index in [4.69, 9.17) is 0 Å². The first kappa shape index (κ1) is 19.4. The lowest BCUT2D eigenvalue weighted by atomic mass is 9.88. The van der Waals surface area contributed by atoms with E-state index in [0.717, 1.165) is 33.1 Å². The molecular weight excluding hydrogens is 398 g/mol. The summed E-state index contributed by atoms with van der Waals surface area (Å²) >= 11 is 1.34. The first-order valence-electron chi connectivity index (χ1n) is 10.3. The Hall–Kier alpha value is -3.56. The second kappa shape index (κ2) is 8.66. The van der Waals surface area contributed by atoms with Crippen LogP contribution in [0.4, 0.5) is 11.4 Å². The SMILES string of the molecule is O=C1SC(N(c2ccccc2)c2ccccc2)=C(c2ccccc2)C1c1ccccc1. The van der Waals surface area contributed by atoms with Crippen LogP contribution in [0.5, 0.6) is 0 Å². The van der Waals surface area contributed by atoms with E-state index in [1.54, 1.807) is 0 Å². The van der Waals surface area contributed by atoms with Crippen LogP contribution in [0.2, 0.25) is 0 Å². The number of allylic oxidation sites excluding steroid dienone is 1. The van der Waals surface area contributed by atoms with Gasteiger partial charge in [-0.1, -0.05) is 97.1 Å². The fourth-order valence-electron chi connectivity index (χ4n) is 4.01. The molecule has 5 rings (SSSR count). The van der Waals surface area contributed by atoms with Crippen molar-refractivity contribution in [3.63, 3.8) is 0 Å². The summed E-state index contributed by atoms with van der Waals surface area (Å²) < 4.78 is 0. The van der Waals surface area contributed by atoms with Gasteiger partial charge in [-0.05, 0) is 47.2 Å². The van der Waals surface area contributed by atoms with Crippen LogP contribution < -0.4 is 4.90 Å². The van der Waals surface area contributed by atoms with Gasteiger partial charge in [-0.25, -0.2) is 0 Å². The fraction of sp³-hybridized carbons (Fsp3) is 0.0357. The Labute approximate surface area is 186 Å². The van der Waals surface area contributed by atoms with Gasteiger partial charge in [0.25, 0.3) is 0 Å². The molecule has 0 fully saturated rings. The Morgan fingerprint density at radius 2 is 1.03 bits per heavy atom. The number of rotatable bonds is 5. The van der Waals surface area contributed by atoms with Crippen molar-refractivity contribution in [2.24, 2.45) is 0 Å². The molecule has 0 radical (unpaired) electrons. The zero-order chi connectivity index (χ0) is 21.0. The number of anilines is 2. The maximum Gasteiger partial charge on any atom is 0.207 e. The molecule has 4 aromatic rings. The molecule has 0 bridgehead atoms. The molecule has 1 unspecified atom stereocenters. The maximum absolute atomic E-state index is 13.4. The van der Waals surface area contributed by atoms with Crippen LogP contribution in [0.15, 0.2) is 126 Å². The number of thioether (sulfide) groups is 1. The Bertz CT molecular complexity index is 1170. The predicted molar refractivity (Wildman–Crippen MR) is 130 cm³/mol. The first-order chi connectivity index (χ1) is 15.3. The van der Waals surface area contributed by atoms with Gasteiger partial charge in [0.15, 0.2) is 0 Å². The predicted octanol–water partition coefficient (Wildman–Crippen LogP) is 7.25. The van der Waals surface area contributed by atoms with Crippen molar-refractivity contribution >= 4 is 33.8 Å². The molecule has 0 amide bonds. The van der Waals surface area contributed by atoms with Gasteiger partial charge in [0, 0.05) is 16.9 Å². The second-order valence-corrected chi connectivity index (χ2v) is 8.35. The van der Waals surface area contributed by atoms with Gasteiger partial charge in [-0.3, -0.25) is 4.79 Å². The molecule has 1 aliphatic heterocycles. The molecule has 1 atom stereocenters. The lowest BCUT2D eigenvalue weighted by Gasteiger charge is -2.27. The molecule has 3 heteroatoms. The van der Waals surface area contributed by atoms with Crippen LogP contribution in [0.25, 0.3) is 5.57 Å². The topological polar surface area (TPSA) is 20.3 Å². The van der Waals surface area contributed by atoms with Gasteiger partial charge in [0.1, 0.15) is 0 Å². The van der Waals surface area contributed by atoms with Crippen LogP contribution in [0.3, 0.4) is 0 Å². The first-order valence-corrected chi connectivity index (χ1v) is 11.1. The van der Waals surface area contributed by atoms with E-state index in [2.05, 4.69) is 41.3 Å². The summed E-state index contributed by atoms with van der Waals surface area (Å²) in [5.41, 5.74) is 5.21. The molecule has 0 aromatic heterocycles. The number of para-hydroxylation sites is 2. The summed E-state index contributed by atoms with van der Waals surface area (Å²) in [7, 11) is 0. The highest BCUT2D eigenvalue weighted by Gasteiger charge is 2.39. The highest BCUT2D eigenvalue weighted by molar-refractivity contribution is 8.17. The number of carbonyl (C=O) groups excluding carboxylic acids is 1. The van der Waals surface area contributed by atoms with Crippen molar-refractivity contribution < 1.29 is 4.79 Å². The minimum absolute atomic E-state index is 0.150. The molecule has 1 heterocycles. The molecule has 150 valence electrons. The highest BCUT2D eigenvalue weighted by atomic mass is 32.2. The van der Waals surface area contributed by atoms with E-state index in [1.165, 1.54) is 11.8 Å². The average molecular weight is 420 g/mol. The van der Waals surface area contributed by atoms with Crippen molar-refractivity contribution in [2.75, 3.05) is 4.90 Å². The molecule has 1 aliphatic rings. The molecule has 0 aliphatic carbocycles. The minimum atomic E-state index is -0.307. The van der Waals surface area contributed by atoms with Gasteiger partial charge >= 0.3 is 0 Å². The monoisotopic (exact) mass is 419 g/mol.